The van der Waals surface area contributed by atoms with Gasteiger partial charge in [-0.3, -0.25) is 0 Å². The monoisotopic (exact) mass is 225 g/mol. The minimum atomic E-state index is -0.0239. The van der Waals surface area contributed by atoms with Crippen molar-refractivity contribution in [3.8, 4) is 0 Å². The molecule has 0 aliphatic heterocycles. The summed E-state index contributed by atoms with van der Waals surface area (Å²) in [5.41, 5.74) is 0. The molecule has 2 unspecified atom stereocenters. The van der Waals surface area contributed by atoms with Crippen LogP contribution in [0, 0.1) is 11.8 Å². The van der Waals surface area contributed by atoms with Gasteiger partial charge in [-0.05, 0) is 44.1 Å². The molecule has 2 aliphatic rings. The van der Waals surface area contributed by atoms with Crippen molar-refractivity contribution in [2.75, 3.05) is 19.6 Å². The van der Waals surface area contributed by atoms with E-state index in [0.29, 0.717) is 5.92 Å². The minimum absolute atomic E-state index is 0.0239. The molecule has 0 heterocycles. The fourth-order valence-electron chi connectivity index (χ4n) is 3.11. The Morgan fingerprint density at radius 2 is 1.75 bits per heavy atom. The van der Waals surface area contributed by atoms with E-state index >= 15 is 0 Å². The molecule has 0 saturated heterocycles. The standard InChI is InChI=1S/C14H27NO/c1-2-15(10-12-6-5-7-12)11-13-8-3-4-9-14(13)16/h12-14,16H,2-11H2,1H3. The van der Waals surface area contributed by atoms with Gasteiger partial charge in [0.1, 0.15) is 0 Å². The zero-order valence-corrected chi connectivity index (χ0v) is 10.7. The fourth-order valence-corrected chi connectivity index (χ4v) is 3.11. The predicted molar refractivity (Wildman–Crippen MR) is 67.4 cm³/mol. The maximum atomic E-state index is 9.99. The highest BCUT2D eigenvalue weighted by atomic mass is 16.3. The van der Waals surface area contributed by atoms with Gasteiger partial charge in [-0.1, -0.05) is 26.2 Å². The van der Waals surface area contributed by atoms with Crippen LogP contribution in [0.15, 0.2) is 0 Å². The fraction of sp³-hybridized carbons (Fsp3) is 1.00. The highest BCUT2D eigenvalue weighted by molar-refractivity contribution is 4.80. The van der Waals surface area contributed by atoms with Crippen LogP contribution < -0.4 is 0 Å². The lowest BCUT2D eigenvalue weighted by atomic mass is 9.83. The van der Waals surface area contributed by atoms with Gasteiger partial charge >= 0.3 is 0 Å². The van der Waals surface area contributed by atoms with Crippen LogP contribution in [0.1, 0.15) is 51.9 Å². The number of rotatable bonds is 5. The molecule has 0 aromatic carbocycles. The summed E-state index contributed by atoms with van der Waals surface area (Å²) in [6, 6.07) is 0. The SMILES string of the molecule is CCN(CC1CCC1)CC1CCCCC1O. The number of nitrogens with zero attached hydrogens (tertiary/aromatic N) is 1. The maximum absolute atomic E-state index is 9.99. The molecule has 0 radical (unpaired) electrons. The second kappa shape index (κ2) is 6.02. The topological polar surface area (TPSA) is 23.5 Å². The lowest BCUT2D eigenvalue weighted by Gasteiger charge is -2.36. The van der Waals surface area contributed by atoms with E-state index < -0.39 is 0 Å². The predicted octanol–water partition coefficient (Wildman–Crippen LogP) is 2.66. The molecule has 0 aromatic rings. The minimum Gasteiger partial charge on any atom is -0.393 e. The van der Waals surface area contributed by atoms with Gasteiger partial charge in [-0.25, -0.2) is 0 Å². The summed E-state index contributed by atoms with van der Waals surface area (Å²) in [7, 11) is 0. The summed E-state index contributed by atoms with van der Waals surface area (Å²) >= 11 is 0. The van der Waals surface area contributed by atoms with Crippen molar-refractivity contribution in [3.63, 3.8) is 0 Å². The van der Waals surface area contributed by atoms with Crippen molar-refractivity contribution in [1.29, 1.82) is 0 Å². The molecule has 2 saturated carbocycles. The van der Waals surface area contributed by atoms with Crippen LogP contribution in [0.3, 0.4) is 0 Å². The first-order valence-corrected chi connectivity index (χ1v) is 7.20. The first-order valence-electron chi connectivity index (χ1n) is 7.20. The molecule has 16 heavy (non-hydrogen) atoms. The maximum Gasteiger partial charge on any atom is 0.0580 e. The molecular weight excluding hydrogens is 198 g/mol. The molecule has 0 spiro atoms. The first kappa shape index (κ1) is 12.4. The largest absolute Gasteiger partial charge is 0.393 e. The third-order valence-electron chi connectivity index (χ3n) is 4.55. The molecule has 1 N–H and O–H groups in total. The molecule has 2 heteroatoms. The molecule has 2 fully saturated rings. The molecule has 2 aliphatic carbocycles. The van der Waals surface area contributed by atoms with Gasteiger partial charge in [0.05, 0.1) is 6.10 Å². The molecule has 2 nitrogen and oxygen atoms in total. The second-order valence-electron chi connectivity index (χ2n) is 5.76. The molecule has 0 bridgehead atoms. The van der Waals surface area contributed by atoms with E-state index in [1.165, 1.54) is 45.1 Å². The Hall–Kier alpha value is -0.0800. The Kier molecular flexibility index (Phi) is 4.66. The normalized spacial score (nSPS) is 31.7. The van der Waals surface area contributed by atoms with E-state index in [-0.39, 0.29) is 6.10 Å². The zero-order chi connectivity index (χ0) is 11.4. The highest BCUT2D eigenvalue weighted by Gasteiger charge is 2.26. The van der Waals surface area contributed by atoms with E-state index in [1.807, 2.05) is 0 Å². The number of aliphatic hydroxyl groups is 1. The van der Waals surface area contributed by atoms with E-state index in [2.05, 4.69) is 11.8 Å². The smallest absolute Gasteiger partial charge is 0.0580 e. The lowest BCUT2D eigenvalue weighted by molar-refractivity contribution is 0.0407. The van der Waals surface area contributed by atoms with Gasteiger partial charge in [0.15, 0.2) is 0 Å². The van der Waals surface area contributed by atoms with E-state index in [1.54, 1.807) is 0 Å². The van der Waals surface area contributed by atoms with Crippen molar-refractivity contribution in [2.24, 2.45) is 11.8 Å². The molecule has 0 aromatic heterocycles. The van der Waals surface area contributed by atoms with Crippen molar-refractivity contribution < 1.29 is 5.11 Å². The highest BCUT2D eigenvalue weighted by Crippen LogP contribution is 2.29. The zero-order valence-electron chi connectivity index (χ0n) is 10.7. The Morgan fingerprint density at radius 3 is 2.31 bits per heavy atom. The summed E-state index contributed by atoms with van der Waals surface area (Å²) in [5.74, 6) is 1.51. The first-order chi connectivity index (χ1) is 7.79. The van der Waals surface area contributed by atoms with Crippen molar-refractivity contribution in [2.45, 2.75) is 58.0 Å². The average Bonchev–Trinajstić information content (AvgIpc) is 2.24. The third kappa shape index (κ3) is 3.21. The van der Waals surface area contributed by atoms with Gasteiger partial charge in [0, 0.05) is 13.1 Å². The molecule has 2 atom stereocenters. The number of hydrogen-bond donors (Lipinski definition) is 1. The van der Waals surface area contributed by atoms with Crippen molar-refractivity contribution >= 4 is 0 Å². The summed E-state index contributed by atoms with van der Waals surface area (Å²) in [6.45, 7) is 5.82. The van der Waals surface area contributed by atoms with Gasteiger partial charge < -0.3 is 10.0 Å². The Bertz CT molecular complexity index is 203. The summed E-state index contributed by atoms with van der Waals surface area (Å²) in [4.78, 5) is 2.57. The van der Waals surface area contributed by atoms with Crippen LogP contribution in [0.4, 0.5) is 0 Å². The summed E-state index contributed by atoms with van der Waals surface area (Å²) in [6.07, 6.45) is 9.11. The Labute approximate surface area is 100 Å². The third-order valence-corrected chi connectivity index (χ3v) is 4.55. The van der Waals surface area contributed by atoms with Crippen LogP contribution in [-0.2, 0) is 0 Å². The quantitative estimate of drug-likeness (QED) is 0.777. The number of hydrogen-bond acceptors (Lipinski definition) is 2. The van der Waals surface area contributed by atoms with Gasteiger partial charge in [0.2, 0.25) is 0 Å². The van der Waals surface area contributed by atoms with Gasteiger partial charge in [0.25, 0.3) is 0 Å². The lowest BCUT2D eigenvalue weighted by Crippen LogP contribution is -2.40. The van der Waals surface area contributed by atoms with Crippen LogP contribution in [0.2, 0.25) is 0 Å². The van der Waals surface area contributed by atoms with E-state index in [4.69, 9.17) is 0 Å². The van der Waals surface area contributed by atoms with Gasteiger partial charge in [-0.2, -0.15) is 0 Å². The molecule has 2 rings (SSSR count). The second-order valence-corrected chi connectivity index (χ2v) is 5.76. The van der Waals surface area contributed by atoms with Gasteiger partial charge in [-0.15, -0.1) is 0 Å². The van der Waals surface area contributed by atoms with Crippen LogP contribution in [0.5, 0.6) is 0 Å². The molecule has 94 valence electrons. The summed E-state index contributed by atoms with van der Waals surface area (Å²) in [5, 5.41) is 9.99. The van der Waals surface area contributed by atoms with E-state index in [9.17, 15) is 5.11 Å². The average molecular weight is 225 g/mol. The van der Waals surface area contributed by atoms with Crippen LogP contribution in [0.25, 0.3) is 0 Å². The Morgan fingerprint density at radius 1 is 1.00 bits per heavy atom. The van der Waals surface area contributed by atoms with Crippen LogP contribution >= 0.6 is 0 Å². The van der Waals surface area contributed by atoms with Crippen molar-refractivity contribution in [3.05, 3.63) is 0 Å². The molecular formula is C14H27NO. The van der Waals surface area contributed by atoms with Crippen LogP contribution in [-0.4, -0.2) is 35.7 Å². The molecule has 0 amide bonds. The Balaban J connectivity index is 1.75. The van der Waals surface area contributed by atoms with E-state index in [0.717, 1.165) is 25.4 Å². The summed E-state index contributed by atoms with van der Waals surface area (Å²) < 4.78 is 0. The van der Waals surface area contributed by atoms with Crippen molar-refractivity contribution in [1.82, 2.24) is 4.90 Å². The number of aliphatic hydroxyl groups excluding tert-OH is 1.